The monoisotopic (exact) mass is 719 g/mol. The first kappa shape index (κ1) is 30.3. The maximum atomic E-state index is 5.17. The SMILES string of the molecule is c1ccc(-c2nc(-c3ccccc3)nc(-n3c4ccccc4c4cc5sc6cc7c(cc6c5cc43)c3ccccc3n7-c3ccc4ccccc4c3)n2)cc1. The molecule has 0 fully saturated rings. The highest BCUT2D eigenvalue weighted by atomic mass is 32.1. The van der Waals surface area contributed by atoms with Crippen LogP contribution in [0, 0.1) is 0 Å². The van der Waals surface area contributed by atoms with Gasteiger partial charge in [0.1, 0.15) is 0 Å². The molecule has 4 aromatic heterocycles. The van der Waals surface area contributed by atoms with Crippen LogP contribution in [0.1, 0.15) is 0 Å². The summed E-state index contributed by atoms with van der Waals surface area (Å²) in [6, 6.07) is 62.6. The van der Waals surface area contributed by atoms with Crippen LogP contribution in [0.15, 0.2) is 176 Å². The summed E-state index contributed by atoms with van der Waals surface area (Å²) in [5.74, 6) is 1.88. The summed E-state index contributed by atoms with van der Waals surface area (Å²) in [6.07, 6.45) is 0. The van der Waals surface area contributed by atoms with Gasteiger partial charge < -0.3 is 4.57 Å². The van der Waals surface area contributed by atoms with E-state index in [2.05, 4.69) is 149 Å². The van der Waals surface area contributed by atoms with Crippen molar-refractivity contribution >= 4 is 85.9 Å². The fraction of sp³-hybridized carbons (Fsp3) is 0. The fourth-order valence-electron chi connectivity index (χ4n) is 8.41. The highest BCUT2D eigenvalue weighted by Crippen LogP contribution is 2.44. The van der Waals surface area contributed by atoms with Gasteiger partial charge >= 0.3 is 0 Å². The zero-order valence-corrected chi connectivity index (χ0v) is 30.2. The van der Waals surface area contributed by atoms with Gasteiger partial charge in [-0.25, -0.2) is 4.98 Å². The fourth-order valence-corrected chi connectivity index (χ4v) is 9.55. The summed E-state index contributed by atoms with van der Waals surface area (Å²) >= 11 is 1.86. The third-order valence-corrected chi connectivity index (χ3v) is 12.1. The molecule has 12 rings (SSSR count). The number of rotatable bonds is 4. The molecule has 0 atom stereocenters. The Morgan fingerprint density at radius 1 is 0.345 bits per heavy atom. The molecule has 12 aromatic rings. The lowest BCUT2D eigenvalue weighted by Gasteiger charge is -2.11. The lowest BCUT2D eigenvalue weighted by atomic mass is 10.1. The van der Waals surface area contributed by atoms with Crippen LogP contribution in [-0.4, -0.2) is 24.1 Å². The Morgan fingerprint density at radius 3 is 1.60 bits per heavy atom. The summed E-state index contributed by atoms with van der Waals surface area (Å²) in [5.41, 5.74) is 7.60. The zero-order chi connectivity index (χ0) is 36.0. The van der Waals surface area contributed by atoms with Gasteiger partial charge in [-0.3, -0.25) is 4.57 Å². The van der Waals surface area contributed by atoms with Crippen molar-refractivity contribution in [2.45, 2.75) is 0 Å². The lowest BCUT2D eigenvalue weighted by molar-refractivity contribution is 0.954. The minimum atomic E-state index is 0.596. The third-order valence-electron chi connectivity index (χ3n) is 10.9. The molecular formula is C49H29N5S. The first-order valence-corrected chi connectivity index (χ1v) is 19.3. The minimum Gasteiger partial charge on any atom is -0.309 e. The summed E-state index contributed by atoms with van der Waals surface area (Å²) in [4.78, 5) is 15.3. The van der Waals surface area contributed by atoms with Gasteiger partial charge in [-0.05, 0) is 59.3 Å². The molecular weight excluding hydrogens is 691 g/mol. The van der Waals surface area contributed by atoms with Crippen molar-refractivity contribution in [3.05, 3.63) is 176 Å². The lowest BCUT2D eigenvalue weighted by Crippen LogP contribution is -2.06. The number of fused-ring (bicyclic) bond motifs is 10. The molecule has 0 bridgehead atoms. The number of nitrogens with zero attached hydrogens (tertiary/aromatic N) is 5. The molecule has 0 amide bonds. The molecule has 0 N–H and O–H groups in total. The number of hydrogen-bond donors (Lipinski definition) is 0. The molecule has 0 aliphatic rings. The van der Waals surface area contributed by atoms with E-state index in [0.717, 1.165) is 22.2 Å². The van der Waals surface area contributed by atoms with E-state index in [0.29, 0.717) is 17.6 Å². The van der Waals surface area contributed by atoms with Crippen LogP contribution in [0.4, 0.5) is 0 Å². The van der Waals surface area contributed by atoms with Gasteiger partial charge in [0.05, 0.1) is 22.1 Å². The number of benzene rings is 8. The maximum Gasteiger partial charge on any atom is 0.238 e. The van der Waals surface area contributed by atoms with Crippen molar-refractivity contribution in [2.24, 2.45) is 0 Å². The number of thiophene rings is 1. The number of para-hydroxylation sites is 2. The molecule has 55 heavy (non-hydrogen) atoms. The van der Waals surface area contributed by atoms with Crippen LogP contribution in [0.25, 0.3) is 109 Å². The van der Waals surface area contributed by atoms with Crippen LogP contribution < -0.4 is 0 Å². The molecule has 0 aliphatic heterocycles. The van der Waals surface area contributed by atoms with Crippen LogP contribution in [0.5, 0.6) is 0 Å². The van der Waals surface area contributed by atoms with E-state index in [9.17, 15) is 0 Å². The Balaban J connectivity index is 1.13. The molecule has 5 nitrogen and oxygen atoms in total. The first-order chi connectivity index (χ1) is 27.2. The first-order valence-electron chi connectivity index (χ1n) is 18.4. The van der Waals surface area contributed by atoms with E-state index < -0.39 is 0 Å². The Hall–Kier alpha value is -7.15. The van der Waals surface area contributed by atoms with Crippen LogP contribution in [0.3, 0.4) is 0 Å². The van der Waals surface area contributed by atoms with Gasteiger partial charge in [0, 0.05) is 58.5 Å². The number of hydrogen-bond acceptors (Lipinski definition) is 4. The quantitative estimate of drug-likeness (QED) is 0.182. The van der Waals surface area contributed by atoms with E-state index in [4.69, 9.17) is 15.0 Å². The van der Waals surface area contributed by atoms with Crippen molar-refractivity contribution in [3.63, 3.8) is 0 Å². The standard InChI is InChI=1S/C49H29N5S/c1-3-14-31(15-4-1)47-50-48(32-16-5-2-6-17-32)52-49(51-47)54-42-22-12-10-20-36(42)38-28-45-40(27-43(38)54)39-26-37-35-19-9-11-21-41(35)53(44(37)29-46(39)55-45)34-24-23-30-13-7-8-18-33(30)25-34/h1-29H. The highest BCUT2D eigenvalue weighted by Gasteiger charge is 2.21. The van der Waals surface area contributed by atoms with E-state index in [1.807, 2.05) is 47.7 Å². The van der Waals surface area contributed by atoms with Gasteiger partial charge in [-0.1, -0.05) is 127 Å². The number of aromatic nitrogens is 5. The Morgan fingerprint density at radius 2 is 0.891 bits per heavy atom. The van der Waals surface area contributed by atoms with Crippen molar-refractivity contribution in [3.8, 4) is 34.4 Å². The second-order valence-corrected chi connectivity index (χ2v) is 15.2. The van der Waals surface area contributed by atoms with Gasteiger partial charge in [0.15, 0.2) is 11.6 Å². The normalized spacial score (nSPS) is 12.0. The molecule has 0 aliphatic carbocycles. The van der Waals surface area contributed by atoms with Crippen molar-refractivity contribution < 1.29 is 0 Å². The third kappa shape index (κ3) is 4.62. The average Bonchev–Trinajstić information content (AvgIpc) is 3.88. The zero-order valence-electron chi connectivity index (χ0n) is 29.4. The van der Waals surface area contributed by atoms with Crippen molar-refractivity contribution in [2.75, 3.05) is 0 Å². The van der Waals surface area contributed by atoms with Gasteiger partial charge in [0.25, 0.3) is 0 Å². The topological polar surface area (TPSA) is 48.5 Å². The predicted molar refractivity (Wildman–Crippen MR) is 230 cm³/mol. The molecule has 0 unspecified atom stereocenters. The predicted octanol–water partition coefficient (Wildman–Crippen LogP) is 12.9. The molecule has 0 saturated carbocycles. The van der Waals surface area contributed by atoms with Crippen LogP contribution in [-0.2, 0) is 0 Å². The molecule has 8 aromatic carbocycles. The maximum absolute atomic E-state index is 5.17. The summed E-state index contributed by atoms with van der Waals surface area (Å²) in [6.45, 7) is 0. The van der Waals surface area contributed by atoms with E-state index >= 15 is 0 Å². The van der Waals surface area contributed by atoms with E-state index in [1.54, 1.807) is 0 Å². The molecule has 0 radical (unpaired) electrons. The van der Waals surface area contributed by atoms with Crippen molar-refractivity contribution in [1.29, 1.82) is 0 Å². The molecule has 256 valence electrons. The Kier molecular flexibility index (Phi) is 6.44. The summed E-state index contributed by atoms with van der Waals surface area (Å²) < 4.78 is 7.16. The summed E-state index contributed by atoms with van der Waals surface area (Å²) in [5, 5.41) is 9.78. The minimum absolute atomic E-state index is 0.596. The molecule has 0 spiro atoms. The van der Waals surface area contributed by atoms with Gasteiger partial charge in [-0.2, -0.15) is 9.97 Å². The second kappa shape index (κ2) is 11.7. The Labute approximate surface area is 319 Å². The van der Waals surface area contributed by atoms with Crippen LogP contribution >= 0.6 is 11.3 Å². The summed E-state index contributed by atoms with van der Waals surface area (Å²) in [7, 11) is 0. The largest absolute Gasteiger partial charge is 0.309 e. The molecule has 4 heterocycles. The average molecular weight is 720 g/mol. The molecule has 0 saturated heterocycles. The van der Waals surface area contributed by atoms with E-state index in [1.165, 1.54) is 69.2 Å². The van der Waals surface area contributed by atoms with Crippen molar-refractivity contribution in [1.82, 2.24) is 24.1 Å². The highest BCUT2D eigenvalue weighted by molar-refractivity contribution is 7.26. The van der Waals surface area contributed by atoms with E-state index in [-0.39, 0.29) is 0 Å². The smallest absolute Gasteiger partial charge is 0.238 e. The molecule has 6 heteroatoms. The second-order valence-electron chi connectivity index (χ2n) is 14.1. The van der Waals surface area contributed by atoms with Crippen LogP contribution in [0.2, 0.25) is 0 Å². The van der Waals surface area contributed by atoms with Gasteiger partial charge in [0.2, 0.25) is 5.95 Å². The Bertz CT molecular complexity index is 3430. The van der Waals surface area contributed by atoms with Gasteiger partial charge in [-0.15, -0.1) is 11.3 Å².